The molecular weight excluding hydrogens is 271 g/mol. The molecule has 0 aliphatic carbocycles. The summed E-state index contributed by atoms with van der Waals surface area (Å²) in [4.78, 5) is 13.4. The summed E-state index contributed by atoms with van der Waals surface area (Å²) in [5.41, 5.74) is -0.0407. The van der Waals surface area contributed by atoms with Crippen molar-refractivity contribution in [3.8, 4) is 0 Å². The monoisotopic (exact) mass is 289 g/mol. The van der Waals surface area contributed by atoms with Crippen molar-refractivity contribution in [2.24, 2.45) is 5.92 Å². The van der Waals surface area contributed by atoms with Crippen LogP contribution in [0.5, 0.6) is 0 Å². The molecular formula is C14H18F3NO2. The number of carbonyl (C=O) groups is 1. The minimum atomic E-state index is -2.54. The quantitative estimate of drug-likeness (QED) is 0.746. The van der Waals surface area contributed by atoms with Gasteiger partial charge in [0.25, 0.3) is 6.43 Å². The van der Waals surface area contributed by atoms with Crippen molar-refractivity contribution in [2.45, 2.75) is 13.3 Å². The van der Waals surface area contributed by atoms with E-state index < -0.39 is 30.5 Å². The zero-order valence-corrected chi connectivity index (χ0v) is 11.2. The van der Waals surface area contributed by atoms with E-state index in [4.69, 9.17) is 5.11 Å². The number of Topliss-reactive ketones (excluding diaryl/α,β-unsaturated/α-hetero) is 1. The number of benzene rings is 1. The van der Waals surface area contributed by atoms with Crippen LogP contribution < -0.4 is 0 Å². The Morgan fingerprint density at radius 3 is 2.50 bits per heavy atom. The molecule has 0 saturated heterocycles. The molecule has 0 bridgehead atoms. The highest BCUT2D eigenvalue weighted by Crippen LogP contribution is 2.14. The third-order valence-corrected chi connectivity index (χ3v) is 2.93. The summed E-state index contributed by atoms with van der Waals surface area (Å²) in [5, 5.41) is 8.83. The lowest BCUT2D eigenvalue weighted by Crippen LogP contribution is -2.37. The van der Waals surface area contributed by atoms with Gasteiger partial charge in [0.1, 0.15) is 5.82 Å². The van der Waals surface area contributed by atoms with Gasteiger partial charge < -0.3 is 5.11 Å². The zero-order valence-electron chi connectivity index (χ0n) is 11.2. The van der Waals surface area contributed by atoms with E-state index >= 15 is 0 Å². The second-order valence-electron chi connectivity index (χ2n) is 4.62. The second kappa shape index (κ2) is 8.01. The molecule has 3 nitrogen and oxygen atoms in total. The fourth-order valence-electron chi connectivity index (χ4n) is 1.99. The predicted molar refractivity (Wildman–Crippen MR) is 69.4 cm³/mol. The molecule has 6 heteroatoms. The molecule has 0 aliphatic rings. The second-order valence-corrected chi connectivity index (χ2v) is 4.62. The molecule has 1 N–H and O–H groups in total. The normalized spacial score (nSPS) is 12.9. The average Bonchev–Trinajstić information content (AvgIpc) is 2.38. The standard InChI is InChI=1S/C14H18F3NO2/c1-10(8-18(6-7-19)9-13(16)17)14(20)11-4-2-3-5-12(11)15/h2-5,10,13,19H,6-9H2,1H3. The number of nitrogens with zero attached hydrogens (tertiary/aromatic N) is 1. The lowest BCUT2D eigenvalue weighted by Gasteiger charge is -2.24. The lowest BCUT2D eigenvalue weighted by atomic mass is 9.98. The van der Waals surface area contributed by atoms with Gasteiger partial charge in [-0.05, 0) is 12.1 Å². The van der Waals surface area contributed by atoms with Gasteiger partial charge in [-0.15, -0.1) is 0 Å². The Bertz CT molecular complexity index is 440. The summed E-state index contributed by atoms with van der Waals surface area (Å²) in [7, 11) is 0. The number of carbonyl (C=O) groups excluding carboxylic acids is 1. The van der Waals surface area contributed by atoms with Crippen molar-refractivity contribution >= 4 is 5.78 Å². The van der Waals surface area contributed by atoms with Crippen molar-refractivity contribution in [1.82, 2.24) is 4.90 Å². The first kappa shape index (κ1) is 16.7. The Labute approximate surface area is 116 Å². The lowest BCUT2D eigenvalue weighted by molar-refractivity contribution is 0.0646. The van der Waals surface area contributed by atoms with Crippen LogP contribution in [-0.4, -0.2) is 48.5 Å². The zero-order chi connectivity index (χ0) is 15.1. The van der Waals surface area contributed by atoms with E-state index in [1.165, 1.54) is 23.1 Å². The molecule has 1 aromatic rings. The van der Waals surface area contributed by atoms with Gasteiger partial charge in [0, 0.05) is 19.0 Å². The SMILES string of the molecule is CC(CN(CCO)CC(F)F)C(=O)c1ccccc1F. The molecule has 1 rings (SSSR count). The molecule has 1 atom stereocenters. The minimum absolute atomic E-state index is 0.0407. The first-order valence-corrected chi connectivity index (χ1v) is 6.35. The molecule has 0 saturated carbocycles. The summed E-state index contributed by atoms with van der Waals surface area (Å²) in [5.74, 6) is -1.68. The summed E-state index contributed by atoms with van der Waals surface area (Å²) in [6.45, 7) is 0.880. The maximum Gasteiger partial charge on any atom is 0.251 e. The van der Waals surface area contributed by atoms with Gasteiger partial charge in [0.2, 0.25) is 0 Å². The fraction of sp³-hybridized carbons (Fsp3) is 0.500. The molecule has 112 valence electrons. The summed E-state index contributed by atoms with van der Waals surface area (Å²) >= 11 is 0. The van der Waals surface area contributed by atoms with Gasteiger partial charge in [0.05, 0.1) is 18.7 Å². The smallest absolute Gasteiger partial charge is 0.251 e. The Morgan fingerprint density at radius 2 is 1.95 bits per heavy atom. The highest BCUT2D eigenvalue weighted by molar-refractivity contribution is 5.98. The molecule has 0 radical (unpaired) electrons. The van der Waals surface area contributed by atoms with E-state index in [-0.39, 0.29) is 25.3 Å². The summed E-state index contributed by atoms with van der Waals surface area (Å²) < 4.78 is 38.3. The van der Waals surface area contributed by atoms with E-state index in [2.05, 4.69) is 0 Å². The van der Waals surface area contributed by atoms with Crippen LogP contribution in [0.1, 0.15) is 17.3 Å². The fourth-order valence-corrected chi connectivity index (χ4v) is 1.99. The maximum atomic E-state index is 13.5. The van der Waals surface area contributed by atoms with Gasteiger partial charge >= 0.3 is 0 Å². The van der Waals surface area contributed by atoms with E-state index in [9.17, 15) is 18.0 Å². The Morgan fingerprint density at radius 1 is 1.30 bits per heavy atom. The van der Waals surface area contributed by atoms with Crippen LogP contribution >= 0.6 is 0 Å². The average molecular weight is 289 g/mol. The number of ketones is 1. The van der Waals surface area contributed by atoms with Crippen LogP contribution in [0.15, 0.2) is 24.3 Å². The number of hydrogen-bond acceptors (Lipinski definition) is 3. The number of aliphatic hydroxyl groups is 1. The molecule has 0 aromatic heterocycles. The molecule has 1 aromatic carbocycles. The topological polar surface area (TPSA) is 40.5 Å². The number of halogens is 3. The molecule has 0 amide bonds. The Kier molecular flexibility index (Phi) is 6.67. The number of rotatable bonds is 8. The van der Waals surface area contributed by atoms with Gasteiger partial charge in [-0.25, -0.2) is 13.2 Å². The first-order valence-electron chi connectivity index (χ1n) is 6.35. The van der Waals surface area contributed by atoms with Gasteiger partial charge in [-0.1, -0.05) is 19.1 Å². The molecule has 20 heavy (non-hydrogen) atoms. The third-order valence-electron chi connectivity index (χ3n) is 2.93. The summed E-state index contributed by atoms with van der Waals surface area (Å²) in [6.07, 6.45) is -2.54. The number of aliphatic hydroxyl groups excluding tert-OH is 1. The van der Waals surface area contributed by atoms with Crippen LogP contribution in [0.2, 0.25) is 0 Å². The highest BCUT2D eigenvalue weighted by Gasteiger charge is 2.22. The van der Waals surface area contributed by atoms with Crippen molar-refractivity contribution < 1.29 is 23.1 Å². The van der Waals surface area contributed by atoms with E-state index in [1.54, 1.807) is 13.0 Å². The van der Waals surface area contributed by atoms with Crippen LogP contribution in [0.3, 0.4) is 0 Å². The third kappa shape index (κ3) is 4.94. The largest absolute Gasteiger partial charge is 0.395 e. The van der Waals surface area contributed by atoms with Gasteiger partial charge in [-0.3, -0.25) is 9.69 Å². The Balaban J connectivity index is 2.70. The number of hydrogen-bond donors (Lipinski definition) is 1. The van der Waals surface area contributed by atoms with Gasteiger partial charge in [0.15, 0.2) is 5.78 Å². The molecule has 0 heterocycles. The number of alkyl halides is 2. The van der Waals surface area contributed by atoms with E-state index in [0.29, 0.717) is 0 Å². The van der Waals surface area contributed by atoms with Crippen molar-refractivity contribution in [1.29, 1.82) is 0 Å². The van der Waals surface area contributed by atoms with E-state index in [1.807, 2.05) is 0 Å². The maximum absolute atomic E-state index is 13.5. The highest BCUT2D eigenvalue weighted by atomic mass is 19.3. The van der Waals surface area contributed by atoms with Crippen molar-refractivity contribution in [2.75, 3.05) is 26.2 Å². The van der Waals surface area contributed by atoms with Crippen LogP contribution in [0, 0.1) is 11.7 Å². The Hall–Kier alpha value is -1.40. The predicted octanol–water partition coefficient (Wildman–Crippen LogP) is 2.20. The molecule has 1 unspecified atom stereocenters. The van der Waals surface area contributed by atoms with Crippen LogP contribution in [0.4, 0.5) is 13.2 Å². The summed E-state index contributed by atoms with van der Waals surface area (Å²) in [6, 6.07) is 5.58. The van der Waals surface area contributed by atoms with E-state index in [0.717, 1.165) is 0 Å². The first-order chi connectivity index (χ1) is 9.45. The van der Waals surface area contributed by atoms with Crippen molar-refractivity contribution in [3.63, 3.8) is 0 Å². The van der Waals surface area contributed by atoms with Crippen molar-refractivity contribution in [3.05, 3.63) is 35.6 Å². The minimum Gasteiger partial charge on any atom is -0.395 e. The van der Waals surface area contributed by atoms with Crippen LogP contribution in [-0.2, 0) is 0 Å². The molecule has 0 fully saturated rings. The van der Waals surface area contributed by atoms with Gasteiger partial charge in [-0.2, -0.15) is 0 Å². The molecule has 0 spiro atoms. The van der Waals surface area contributed by atoms with Crippen LogP contribution in [0.25, 0.3) is 0 Å². The molecule has 0 aliphatic heterocycles.